The number of hydrogen-bond acceptors (Lipinski definition) is 2. The van der Waals surface area contributed by atoms with Gasteiger partial charge in [-0.3, -0.25) is 14.5 Å². The minimum Gasteiger partial charge on any atom is -0.298 e. The van der Waals surface area contributed by atoms with Crippen molar-refractivity contribution in [2.24, 2.45) is 0 Å². The van der Waals surface area contributed by atoms with Crippen molar-refractivity contribution in [3.8, 4) is 0 Å². The molecule has 0 N–H and O–H groups in total. The first-order chi connectivity index (χ1) is 9.22. The highest BCUT2D eigenvalue weighted by molar-refractivity contribution is 6.22. The first-order valence-corrected chi connectivity index (χ1v) is 5.90. The molecule has 0 saturated heterocycles. The summed E-state index contributed by atoms with van der Waals surface area (Å²) in [6.07, 6.45) is 0.764. The molecule has 0 aromatic heterocycles. The summed E-state index contributed by atoms with van der Waals surface area (Å²) in [7, 11) is 0. The number of anilines is 1. The largest absolute Gasteiger partial charge is 0.298 e. The van der Waals surface area contributed by atoms with Gasteiger partial charge in [-0.2, -0.15) is 0 Å². The predicted molar refractivity (Wildman–Crippen MR) is 74.1 cm³/mol. The van der Waals surface area contributed by atoms with E-state index in [1.807, 2.05) is 18.2 Å². The number of rotatable bonds is 2. The van der Waals surface area contributed by atoms with Crippen molar-refractivity contribution in [1.82, 2.24) is 0 Å². The van der Waals surface area contributed by atoms with Gasteiger partial charge in [-0.25, -0.2) is 0 Å². The molecule has 0 atom stereocenters. The molecule has 0 aliphatic carbocycles. The Bertz CT molecular complexity index is 668. The van der Waals surface area contributed by atoms with Crippen LogP contribution in [0.5, 0.6) is 0 Å². The Hall–Kier alpha value is -2.68. The summed E-state index contributed by atoms with van der Waals surface area (Å²) in [5, 5.41) is 0. The van der Waals surface area contributed by atoms with E-state index in [-0.39, 0.29) is 5.91 Å². The molecule has 1 aliphatic heterocycles. The average molecular weight is 249 g/mol. The molecule has 0 radical (unpaired) electrons. The first kappa shape index (κ1) is 11.4. The monoisotopic (exact) mass is 249 g/mol. The Morgan fingerprint density at radius 1 is 1.00 bits per heavy atom. The number of aldehydes is 1. The maximum absolute atomic E-state index is 12.4. The third-order valence-electron chi connectivity index (χ3n) is 3.21. The van der Waals surface area contributed by atoms with Crippen LogP contribution >= 0.6 is 0 Å². The molecule has 3 rings (SSSR count). The van der Waals surface area contributed by atoms with Crippen LogP contribution in [-0.2, 0) is 0 Å². The van der Waals surface area contributed by atoms with Crippen molar-refractivity contribution >= 4 is 23.6 Å². The van der Waals surface area contributed by atoms with E-state index in [9.17, 15) is 9.59 Å². The number of benzene rings is 2. The summed E-state index contributed by atoms with van der Waals surface area (Å²) >= 11 is 0. The Morgan fingerprint density at radius 2 is 1.74 bits per heavy atom. The molecule has 0 bridgehead atoms. The van der Waals surface area contributed by atoms with Crippen molar-refractivity contribution in [1.29, 1.82) is 0 Å². The number of fused-ring (bicyclic) bond motifs is 1. The molecule has 19 heavy (non-hydrogen) atoms. The maximum Gasteiger partial charge on any atom is 0.263 e. The van der Waals surface area contributed by atoms with E-state index >= 15 is 0 Å². The predicted octanol–water partition coefficient (Wildman–Crippen LogP) is 3.13. The van der Waals surface area contributed by atoms with Gasteiger partial charge in [0.25, 0.3) is 5.91 Å². The van der Waals surface area contributed by atoms with Crippen molar-refractivity contribution in [3.63, 3.8) is 0 Å². The Labute approximate surface area is 110 Å². The topological polar surface area (TPSA) is 37.4 Å². The van der Waals surface area contributed by atoms with Crippen molar-refractivity contribution < 1.29 is 9.59 Å². The van der Waals surface area contributed by atoms with Crippen LogP contribution in [0.25, 0.3) is 5.70 Å². The van der Waals surface area contributed by atoms with Crippen LogP contribution in [0.2, 0.25) is 0 Å². The lowest BCUT2D eigenvalue weighted by Crippen LogP contribution is -2.21. The molecule has 1 amide bonds. The molecule has 3 heteroatoms. The Morgan fingerprint density at radius 3 is 2.42 bits per heavy atom. The third kappa shape index (κ3) is 1.67. The molecule has 0 unspecified atom stereocenters. The van der Waals surface area contributed by atoms with Crippen molar-refractivity contribution in [2.75, 3.05) is 4.90 Å². The number of carbonyl (C=O) groups is 2. The second-order valence-electron chi connectivity index (χ2n) is 4.35. The van der Waals surface area contributed by atoms with E-state index in [4.69, 9.17) is 0 Å². The smallest absolute Gasteiger partial charge is 0.263 e. The fourth-order valence-corrected chi connectivity index (χ4v) is 2.30. The standard InChI is InChI=1S/C16H11NO2/c1-11-14-7-2-3-8-15(14)16(19)17(11)13-6-4-5-12(9-13)10-18/h2-10H,1H2. The van der Waals surface area contributed by atoms with Gasteiger partial charge in [0.05, 0.1) is 5.70 Å². The van der Waals surface area contributed by atoms with Gasteiger partial charge in [-0.1, -0.05) is 36.9 Å². The summed E-state index contributed by atoms with van der Waals surface area (Å²) in [5.74, 6) is -0.108. The van der Waals surface area contributed by atoms with Gasteiger partial charge in [-0.15, -0.1) is 0 Å². The summed E-state index contributed by atoms with van der Waals surface area (Å²) in [4.78, 5) is 24.8. The molecule has 3 nitrogen and oxygen atoms in total. The fraction of sp³-hybridized carbons (Fsp3) is 0. The molecule has 0 spiro atoms. The second kappa shape index (κ2) is 4.21. The van der Waals surface area contributed by atoms with Gasteiger partial charge in [-0.05, 0) is 18.2 Å². The Balaban J connectivity index is 2.11. The zero-order valence-electron chi connectivity index (χ0n) is 10.2. The third-order valence-corrected chi connectivity index (χ3v) is 3.21. The highest BCUT2D eigenvalue weighted by Crippen LogP contribution is 2.35. The van der Waals surface area contributed by atoms with Crippen molar-refractivity contribution in [2.45, 2.75) is 0 Å². The molecular formula is C16H11NO2. The zero-order chi connectivity index (χ0) is 13.4. The van der Waals surface area contributed by atoms with E-state index in [0.29, 0.717) is 22.5 Å². The van der Waals surface area contributed by atoms with E-state index in [1.54, 1.807) is 30.3 Å². The quantitative estimate of drug-likeness (QED) is 0.767. The number of nitrogens with zero attached hydrogens (tertiary/aromatic N) is 1. The molecule has 2 aromatic carbocycles. The van der Waals surface area contributed by atoms with Crippen LogP contribution in [0.4, 0.5) is 5.69 Å². The lowest BCUT2D eigenvalue weighted by Gasteiger charge is -2.17. The van der Waals surface area contributed by atoms with Crippen LogP contribution < -0.4 is 4.90 Å². The SMILES string of the molecule is C=C1c2ccccc2C(=O)N1c1cccc(C=O)c1. The molecule has 2 aromatic rings. The normalized spacial score (nSPS) is 13.6. The van der Waals surface area contributed by atoms with Gasteiger partial charge >= 0.3 is 0 Å². The van der Waals surface area contributed by atoms with E-state index in [2.05, 4.69) is 6.58 Å². The highest BCUT2D eigenvalue weighted by atomic mass is 16.2. The molecule has 0 fully saturated rings. The van der Waals surface area contributed by atoms with Gasteiger partial charge in [0.2, 0.25) is 0 Å². The minimum atomic E-state index is -0.108. The summed E-state index contributed by atoms with van der Waals surface area (Å²) in [5.41, 5.74) is 3.32. The zero-order valence-corrected chi connectivity index (χ0v) is 10.2. The molecule has 1 heterocycles. The van der Waals surface area contributed by atoms with Crippen LogP contribution in [-0.4, -0.2) is 12.2 Å². The number of hydrogen-bond donors (Lipinski definition) is 0. The Kier molecular flexibility index (Phi) is 2.53. The van der Waals surface area contributed by atoms with Gasteiger partial charge < -0.3 is 0 Å². The molecule has 1 aliphatic rings. The number of amides is 1. The van der Waals surface area contributed by atoms with Crippen LogP contribution in [0.15, 0.2) is 55.1 Å². The van der Waals surface area contributed by atoms with Gasteiger partial charge in [0.1, 0.15) is 6.29 Å². The first-order valence-electron chi connectivity index (χ1n) is 5.90. The molecule has 0 saturated carbocycles. The minimum absolute atomic E-state index is 0.108. The fourth-order valence-electron chi connectivity index (χ4n) is 2.30. The maximum atomic E-state index is 12.4. The summed E-state index contributed by atoms with van der Waals surface area (Å²) in [6, 6.07) is 14.3. The summed E-state index contributed by atoms with van der Waals surface area (Å²) in [6.45, 7) is 3.98. The highest BCUT2D eigenvalue weighted by Gasteiger charge is 2.31. The van der Waals surface area contributed by atoms with Crippen molar-refractivity contribution in [3.05, 3.63) is 71.8 Å². The second-order valence-corrected chi connectivity index (χ2v) is 4.35. The van der Waals surface area contributed by atoms with E-state index < -0.39 is 0 Å². The van der Waals surface area contributed by atoms with E-state index in [1.165, 1.54) is 4.90 Å². The molecular weight excluding hydrogens is 238 g/mol. The lowest BCUT2D eigenvalue weighted by atomic mass is 10.1. The van der Waals surface area contributed by atoms with E-state index in [0.717, 1.165) is 11.8 Å². The van der Waals surface area contributed by atoms with Gasteiger partial charge in [0.15, 0.2) is 0 Å². The number of carbonyl (C=O) groups excluding carboxylic acids is 2. The van der Waals surface area contributed by atoms with Gasteiger partial charge in [0, 0.05) is 22.4 Å². The van der Waals surface area contributed by atoms with Crippen LogP contribution in [0, 0.1) is 0 Å². The van der Waals surface area contributed by atoms with Crippen LogP contribution in [0.3, 0.4) is 0 Å². The lowest BCUT2D eigenvalue weighted by molar-refractivity contribution is 0.100. The summed E-state index contributed by atoms with van der Waals surface area (Å²) < 4.78 is 0. The van der Waals surface area contributed by atoms with Crippen LogP contribution in [0.1, 0.15) is 26.3 Å². The average Bonchev–Trinajstić information content (AvgIpc) is 2.72. The molecule has 92 valence electrons.